The summed E-state index contributed by atoms with van der Waals surface area (Å²) < 4.78 is 13.0. The van der Waals surface area contributed by atoms with Gasteiger partial charge in [0.05, 0.1) is 32.1 Å². The molecule has 0 saturated heterocycles. The first-order chi connectivity index (χ1) is 20.3. The van der Waals surface area contributed by atoms with Crippen LogP contribution in [0.1, 0.15) is 11.1 Å². The molecule has 2 aromatic heterocycles. The Kier molecular flexibility index (Phi) is 7.38. The van der Waals surface area contributed by atoms with Gasteiger partial charge in [-0.25, -0.2) is 4.98 Å². The number of rotatable bonds is 7. The van der Waals surface area contributed by atoms with Gasteiger partial charge in [-0.2, -0.15) is 9.78 Å². The van der Waals surface area contributed by atoms with Crippen LogP contribution >= 0.6 is 34.8 Å². The summed E-state index contributed by atoms with van der Waals surface area (Å²) >= 11 is 18.3. The normalized spacial score (nSPS) is 11.5. The minimum atomic E-state index is -0.533. The molecule has 0 unspecified atom stereocenters. The molecular weight excluding hydrogens is 603 g/mol. The summed E-state index contributed by atoms with van der Waals surface area (Å²) in [5.74, 6) is 0.700. The van der Waals surface area contributed by atoms with Crippen molar-refractivity contribution >= 4 is 68.6 Å². The van der Waals surface area contributed by atoms with Crippen molar-refractivity contribution in [3.8, 4) is 17.3 Å². The maximum absolute atomic E-state index is 13.6. The first-order valence-electron chi connectivity index (χ1n) is 12.4. The number of benzene rings is 4. The van der Waals surface area contributed by atoms with Crippen LogP contribution in [0.25, 0.3) is 33.5 Å². The summed E-state index contributed by atoms with van der Waals surface area (Å²) in [4.78, 5) is 29.3. The number of nitro benzene ring substituents is 1. The lowest BCUT2D eigenvalue weighted by Crippen LogP contribution is -2.20. The van der Waals surface area contributed by atoms with E-state index in [9.17, 15) is 14.9 Å². The summed E-state index contributed by atoms with van der Waals surface area (Å²) in [6, 6.07) is 22.8. The van der Waals surface area contributed by atoms with Crippen molar-refractivity contribution in [1.82, 2.24) is 9.66 Å². The second-order valence-electron chi connectivity index (χ2n) is 9.12. The minimum Gasteiger partial charge on any atom is -0.488 e. The van der Waals surface area contributed by atoms with E-state index in [0.29, 0.717) is 36.9 Å². The van der Waals surface area contributed by atoms with E-state index in [1.54, 1.807) is 66.7 Å². The Labute approximate surface area is 252 Å². The number of nitrogens with zero attached hydrogens (tertiary/aromatic N) is 4. The number of ether oxygens (including phenoxy) is 1. The SMILES string of the molecule is O=c1c2ccccc2nc(-c2cc3cc(Cl)ccc3o2)n1N=Cc1cc([N+](=O)[O-])ccc1OCc1ccc(Cl)c(Cl)c1. The van der Waals surface area contributed by atoms with E-state index in [2.05, 4.69) is 10.1 Å². The molecule has 0 radical (unpaired) electrons. The molecule has 0 N–H and O–H groups in total. The van der Waals surface area contributed by atoms with Crippen LogP contribution in [0.5, 0.6) is 5.75 Å². The molecule has 6 rings (SSSR count). The van der Waals surface area contributed by atoms with Gasteiger partial charge >= 0.3 is 0 Å². The Morgan fingerprint density at radius 3 is 2.62 bits per heavy atom. The Bertz CT molecular complexity index is 2110. The maximum Gasteiger partial charge on any atom is 0.282 e. The van der Waals surface area contributed by atoms with Crippen LogP contribution < -0.4 is 10.3 Å². The van der Waals surface area contributed by atoms with E-state index in [0.717, 1.165) is 10.2 Å². The van der Waals surface area contributed by atoms with Gasteiger partial charge in [0.25, 0.3) is 11.2 Å². The molecule has 9 nitrogen and oxygen atoms in total. The monoisotopic (exact) mass is 618 g/mol. The molecular formula is C30H17Cl3N4O5. The summed E-state index contributed by atoms with van der Waals surface area (Å²) in [5, 5.41) is 18.3. The number of hydrogen-bond donors (Lipinski definition) is 0. The fourth-order valence-electron chi connectivity index (χ4n) is 4.31. The number of furan rings is 1. The predicted octanol–water partition coefficient (Wildman–Crippen LogP) is 8.14. The van der Waals surface area contributed by atoms with Crippen molar-refractivity contribution in [2.24, 2.45) is 5.10 Å². The van der Waals surface area contributed by atoms with Gasteiger partial charge in [0.2, 0.25) is 5.82 Å². The van der Waals surface area contributed by atoms with Gasteiger partial charge in [0.1, 0.15) is 17.9 Å². The quantitative estimate of drug-likeness (QED) is 0.101. The molecule has 208 valence electrons. The molecule has 12 heteroatoms. The summed E-state index contributed by atoms with van der Waals surface area (Å²) in [7, 11) is 0. The fraction of sp³-hybridized carbons (Fsp3) is 0.0333. The average Bonchev–Trinajstić information content (AvgIpc) is 3.40. The van der Waals surface area contributed by atoms with E-state index in [1.165, 1.54) is 24.4 Å². The molecule has 0 aliphatic rings. The first kappa shape index (κ1) is 27.5. The molecule has 0 bridgehead atoms. The molecule has 0 atom stereocenters. The van der Waals surface area contributed by atoms with Crippen LogP contribution in [-0.4, -0.2) is 20.8 Å². The third-order valence-electron chi connectivity index (χ3n) is 6.35. The van der Waals surface area contributed by atoms with Crippen molar-refractivity contribution in [3.63, 3.8) is 0 Å². The van der Waals surface area contributed by atoms with Gasteiger partial charge in [0.15, 0.2) is 5.76 Å². The molecule has 4 aromatic carbocycles. The highest BCUT2D eigenvalue weighted by atomic mass is 35.5. The highest BCUT2D eigenvalue weighted by molar-refractivity contribution is 6.42. The van der Waals surface area contributed by atoms with Gasteiger partial charge in [-0.3, -0.25) is 14.9 Å². The van der Waals surface area contributed by atoms with Gasteiger partial charge < -0.3 is 9.15 Å². The number of fused-ring (bicyclic) bond motifs is 2. The lowest BCUT2D eigenvalue weighted by Gasteiger charge is -2.11. The highest BCUT2D eigenvalue weighted by Gasteiger charge is 2.18. The van der Waals surface area contributed by atoms with Gasteiger partial charge in [-0.15, -0.1) is 0 Å². The highest BCUT2D eigenvalue weighted by Crippen LogP contribution is 2.30. The maximum atomic E-state index is 13.6. The smallest absolute Gasteiger partial charge is 0.282 e. The Hall–Kier alpha value is -4.70. The molecule has 0 fully saturated rings. The average molecular weight is 620 g/mol. The number of halogens is 3. The third kappa shape index (κ3) is 5.45. The van der Waals surface area contributed by atoms with Crippen molar-refractivity contribution in [3.05, 3.63) is 132 Å². The Morgan fingerprint density at radius 2 is 1.81 bits per heavy atom. The molecule has 0 aliphatic heterocycles. The zero-order valence-corrected chi connectivity index (χ0v) is 23.6. The summed E-state index contributed by atoms with van der Waals surface area (Å²) in [6.45, 7) is 0.0970. The predicted molar refractivity (Wildman–Crippen MR) is 163 cm³/mol. The zero-order chi connectivity index (χ0) is 29.4. The molecule has 0 amide bonds. The zero-order valence-electron chi connectivity index (χ0n) is 21.3. The summed E-state index contributed by atoms with van der Waals surface area (Å²) in [5.41, 5.74) is 1.33. The van der Waals surface area contributed by atoms with Crippen LogP contribution in [0.4, 0.5) is 5.69 Å². The Morgan fingerprint density at radius 1 is 0.976 bits per heavy atom. The van der Waals surface area contributed by atoms with Crippen molar-refractivity contribution in [2.45, 2.75) is 6.61 Å². The van der Waals surface area contributed by atoms with E-state index in [-0.39, 0.29) is 35.2 Å². The van der Waals surface area contributed by atoms with Crippen LogP contribution in [0, 0.1) is 10.1 Å². The largest absolute Gasteiger partial charge is 0.488 e. The molecule has 0 aliphatic carbocycles. The van der Waals surface area contributed by atoms with Crippen LogP contribution in [-0.2, 0) is 6.61 Å². The Balaban J connectivity index is 1.45. The molecule has 6 aromatic rings. The number of aromatic nitrogens is 2. The fourth-order valence-corrected chi connectivity index (χ4v) is 4.81. The molecule has 0 saturated carbocycles. The lowest BCUT2D eigenvalue weighted by molar-refractivity contribution is -0.384. The van der Waals surface area contributed by atoms with Crippen molar-refractivity contribution in [1.29, 1.82) is 0 Å². The van der Waals surface area contributed by atoms with E-state index < -0.39 is 10.5 Å². The van der Waals surface area contributed by atoms with Gasteiger partial charge in [0, 0.05) is 28.1 Å². The number of hydrogen-bond acceptors (Lipinski definition) is 7. The van der Waals surface area contributed by atoms with Crippen LogP contribution in [0.3, 0.4) is 0 Å². The topological polar surface area (TPSA) is 113 Å². The first-order valence-corrected chi connectivity index (χ1v) is 13.5. The van der Waals surface area contributed by atoms with Crippen LogP contribution in [0.2, 0.25) is 15.1 Å². The molecule has 42 heavy (non-hydrogen) atoms. The second-order valence-corrected chi connectivity index (χ2v) is 10.4. The van der Waals surface area contributed by atoms with Gasteiger partial charge in [-0.05, 0) is 60.2 Å². The standard InChI is InChI=1S/C30H17Cl3N4O5/c31-20-6-9-27-18(12-20)14-28(42-27)29-35-25-4-2-1-3-22(25)30(38)36(29)34-15-19-13-21(37(39)40)7-10-26(19)41-16-17-5-8-23(32)24(33)11-17/h1-15H,16H2. The minimum absolute atomic E-state index is 0.0970. The number of para-hydroxylation sites is 1. The molecule has 2 heterocycles. The van der Waals surface area contributed by atoms with E-state index in [4.69, 9.17) is 44.0 Å². The van der Waals surface area contributed by atoms with E-state index in [1.807, 2.05) is 0 Å². The number of non-ortho nitro benzene ring substituents is 1. The van der Waals surface area contributed by atoms with Crippen LogP contribution in [0.15, 0.2) is 99.2 Å². The molecule has 0 spiro atoms. The van der Waals surface area contributed by atoms with E-state index >= 15 is 0 Å². The lowest BCUT2D eigenvalue weighted by atomic mass is 10.2. The van der Waals surface area contributed by atoms with Crippen molar-refractivity contribution < 1.29 is 14.1 Å². The van der Waals surface area contributed by atoms with Crippen molar-refractivity contribution in [2.75, 3.05) is 0 Å². The number of nitro groups is 1. The second kappa shape index (κ2) is 11.3. The van der Waals surface area contributed by atoms with Gasteiger partial charge in [-0.1, -0.05) is 53.0 Å². The summed E-state index contributed by atoms with van der Waals surface area (Å²) in [6.07, 6.45) is 1.30. The third-order valence-corrected chi connectivity index (χ3v) is 7.32.